The summed E-state index contributed by atoms with van der Waals surface area (Å²) in [7, 11) is 0. The van der Waals surface area contributed by atoms with E-state index in [1.165, 1.54) is 11.1 Å². The molecule has 4 rings (SSSR count). The number of nitrogens with zero attached hydrogens (tertiary/aromatic N) is 3. The summed E-state index contributed by atoms with van der Waals surface area (Å²) in [5.41, 5.74) is 3.67. The summed E-state index contributed by atoms with van der Waals surface area (Å²) < 4.78 is 5.61. The summed E-state index contributed by atoms with van der Waals surface area (Å²) in [5.74, 6) is 1.22. The van der Waals surface area contributed by atoms with Crippen LogP contribution in [0.5, 0.6) is 5.75 Å². The molecule has 2 aromatic carbocycles. The van der Waals surface area contributed by atoms with E-state index in [9.17, 15) is 4.79 Å². The number of ether oxygens (including phenoxy) is 1. The lowest BCUT2D eigenvalue weighted by Crippen LogP contribution is -2.36. The maximum absolute atomic E-state index is 12.8. The van der Waals surface area contributed by atoms with Gasteiger partial charge in [-0.2, -0.15) is 0 Å². The molecule has 6 heteroatoms. The Morgan fingerprint density at radius 1 is 1.04 bits per heavy atom. The molecular formula is C22H22N4O2. The zero-order valence-electron chi connectivity index (χ0n) is 15.8. The first-order valence-corrected chi connectivity index (χ1v) is 9.43. The predicted octanol–water partition coefficient (Wildman–Crippen LogP) is 3.82. The number of rotatable bonds is 5. The fourth-order valence-corrected chi connectivity index (χ4v) is 3.33. The molecule has 0 aliphatic carbocycles. The van der Waals surface area contributed by atoms with Crippen molar-refractivity contribution >= 4 is 17.4 Å². The molecule has 1 aliphatic rings. The van der Waals surface area contributed by atoms with Gasteiger partial charge in [0.15, 0.2) is 11.5 Å². The summed E-state index contributed by atoms with van der Waals surface area (Å²) in [6.45, 7) is 3.82. The molecule has 142 valence electrons. The van der Waals surface area contributed by atoms with Gasteiger partial charge in [-0.05, 0) is 48.7 Å². The van der Waals surface area contributed by atoms with Crippen molar-refractivity contribution in [3.63, 3.8) is 0 Å². The number of anilines is 2. The molecule has 0 atom stereocenters. The van der Waals surface area contributed by atoms with E-state index >= 15 is 0 Å². The van der Waals surface area contributed by atoms with Gasteiger partial charge in [0, 0.05) is 13.1 Å². The Morgan fingerprint density at radius 3 is 2.61 bits per heavy atom. The molecule has 0 bridgehead atoms. The van der Waals surface area contributed by atoms with Crippen LogP contribution in [0.2, 0.25) is 0 Å². The SMILES string of the molecule is CCOc1ccccc1Nc1ccc(C(=O)N2CCc3ccccc3C2)nn1. The molecular weight excluding hydrogens is 352 g/mol. The summed E-state index contributed by atoms with van der Waals surface area (Å²) in [6.07, 6.45) is 0.864. The fourth-order valence-electron chi connectivity index (χ4n) is 3.33. The molecule has 1 N–H and O–H groups in total. The normalized spacial score (nSPS) is 13.0. The number of carbonyl (C=O) groups excluding carboxylic acids is 1. The summed E-state index contributed by atoms with van der Waals surface area (Å²) in [6, 6.07) is 19.4. The van der Waals surface area contributed by atoms with Crippen molar-refractivity contribution in [1.82, 2.24) is 15.1 Å². The highest BCUT2D eigenvalue weighted by Crippen LogP contribution is 2.26. The second-order valence-corrected chi connectivity index (χ2v) is 6.60. The standard InChI is InChI=1S/C22H22N4O2/c1-2-28-20-10-6-5-9-18(20)23-21-12-11-19(24-25-21)22(27)26-14-13-16-7-3-4-8-17(16)15-26/h3-12H,2,13-15H2,1H3,(H,23,25). The molecule has 3 aromatic rings. The molecule has 28 heavy (non-hydrogen) atoms. The molecule has 2 heterocycles. The van der Waals surface area contributed by atoms with Gasteiger partial charge in [-0.1, -0.05) is 36.4 Å². The average molecular weight is 374 g/mol. The summed E-state index contributed by atoms with van der Waals surface area (Å²) in [5, 5.41) is 11.5. The lowest BCUT2D eigenvalue weighted by molar-refractivity contribution is 0.0727. The Labute approximate surface area is 164 Å². The lowest BCUT2D eigenvalue weighted by Gasteiger charge is -2.28. The van der Waals surface area contributed by atoms with E-state index in [1.54, 1.807) is 12.1 Å². The van der Waals surface area contributed by atoms with Crippen molar-refractivity contribution < 1.29 is 9.53 Å². The quantitative estimate of drug-likeness (QED) is 0.735. The topological polar surface area (TPSA) is 67.3 Å². The van der Waals surface area contributed by atoms with Gasteiger partial charge in [0.25, 0.3) is 5.91 Å². The van der Waals surface area contributed by atoms with Gasteiger partial charge in [-0.3, -0.25) is 4.79 Å². The summed E-state index contributed by atoms with van der Waals surface area (Å²) >= 11 is 0. The second-order valence-electron chi connectivity index (χ2n) is 6.60. The molecule has 1 amide bonds. The molecule has 1 aliphatic heterocycles. The van der Waals surface area contributed by atoms with Crippen molar-refractivity contribution in [2.75, 3.05) is 18.5 Å². The number of hydrogen-bond donors (Lipinski definition) is 1. The Kier molecular flexibility index (Phi) is 5.19. The Hall–Kier alpha value is -3.41. The van der Waals surface area contributed by atoms with E-state index in [0.717, 1.165) is 17.9 Å². The highest BCUT2D eigenvalue weighted by Gasteiger charge is 2.22. The highest BCUT2D eigenvalue weighted by molar-refractivity contribution is 5.92. The number of carbonyl (C=O) groups is 1. The Bertz CT molecular complexity index is 972. The fraction of sp³-hybridized carbons (Fsp3) is 0.227. The van der Waals surface area contributed by atoms with Gasteiger partial charge in [-0.25, -0.2) is 0 Å². The third kappa shape index (κ3) is 3.81. The highest BCUT2D eigenvalue weighted by atomic mass is 16.5. The molecule has 0 saturated carbocycles. The van der Waals surface area contributed by atoms with Crippen LogP contribution in [0.3, 0.4) is 0 Å². The molecule has 1 aromatic heterocycles. The van der Waals surface area contributed by atoms with Gasteiger partial charge in [-0.15, -0.1) is 10.2 Å². The van der Waals surface area contributed by atoms with Crippen LogP contribution in [-0.2, 0) is 13.0 Å². The molecule has 0 radical (unpaired) electrons. The minimum Gasteiger partial charge on any atom is -0.492 e. The van der Waals surface area contributed by atoms with Gasteiger partial charge in [0.1, 0.15) is 5.75 Å². The van der Waals surface area contributed by atoms with Crippen LogP contribution in [0.1, 0.15) is 28.5 Å². The number of fused-ring (bicyclic) bond motifs is 1. The Balaban J connectivity index is 1.46. The molecule has 0 spiro atoms. The monoisotopic (exact) mass is 374 g/mol. The number of hydrogen-bond acceptors (Lipinski definition) is 5. The van der Waals surface area contributed by atoms with Crippen LogP contribution in [-0.4, -0.2) is 34.2 Å². The number of amides is 1. The minimum atomic E-state index is -0.0942. The first kappa shape index (κ1) is 18.0. The van der Waals surface area contributed by atoms with Crippen molar-refractivity contribution in [3.05, 3.63) is 77.5 Å². The largest absolute Gasteiger partial charge is 0.492 e. The van der Waals surface area contributed by atoms with E-state index in [4.69, 9.17) is 4.74 Å². The van der Waals surface area contributed by atoms with Crippen LogP contribution in [0.15, 0.2) is 60.7 Å². The van der Waals surface area contributed by atoms with E-state index in [0.29, 0.717) is 31.2 Å². The zero-order chi connectivity index (χ0) is 19.3. The third-order valence-electron chi connectivity index (χ3n) is 4.75. The van der Waals surface area contributed by atoms with Gasteiger partial charge >= 0.3 is 0 Å². The van der Waals surface area contributed by atoms with Crippen molar-refractivity contribution in [1.29, 1.82) is 0 Å². The van der Waals surface area contributed by atoms with Gasteiger partial charge in [0.05, 0.1) is 12.3 Å². The zero-order valence-corrected chi connectivity index (χ0v) is 15.8. The second kappa shape index (κ2) is 8.08. The number of benzene rings is 2. The van der Waals surface area contributed by atoms with Crippen molar-refractivity contribution in [2.45, 2.75) is 19.9 Å². The van der Waals surface area contributed by atoms with Gasteiger partial charge < -0.3 is 15.0 Å². The lowest BCUT2D eigenvalue weighted by atomic mass is 10.00. The average Bonchev–Trinajstić information content (AvgIpc) is 2.75. The molecule has 0 fully saturated rings. The smallest absolute Gasteiger partial charge is 0.274 e. The predicted molar refractivity (Wildman–Crippen MR) is 108 cm³/mol. The van der Waals surface area contributed by atoms with Crippen LogP contribution >= 0.6 is 0 Å². The molecule has 0 saturated heterocycles. The number of aromatic nitrogens is 2. The number of para-hydroxylation sites is 2. The van der Waals surface area contributed by atoms with Gasteiger partial charge in [0.2, 0.25) is 0 Å². The van der Waals surface area contributed by atoms with E-state index in [2.05, 4.69) is 27.6 Å². The number of nitrogens with one attached hydrogen (secondary N) is 1. The van der Waals surface area contributed by atoms with E-state index in [1.807, 2.05) is 48.2 Å². The molecule has 0 unspecified atom stereocenters. The van der Waals surface area contributed by atoms with Crippen LogP contribution < -0.4 is 10.1 Å². The molecule has 6 nitrogen and oxygen atoms in total. The van der Waals surface area contributed by atoms with E-state index in [-0.39, 0.29) is 5.91 Å². The third-order valence-corrected chi connectivity index (χ3v) is 4.75. The summed E-state index contributed by atoms with van der Waals surface area (Å²) in [4.78, 5) is 14.6. The minimum absolute atomic E-state index is 0.0942. The van der Waals surface area contributed by atoms with Crippen molar-refractivity contribution in [2.24, 2.45) is 0 Å². The first-order chi connectivity index (χ1) is 13.7. The van der Waals surface area contributed by atoms with Crippen LogP contribution in [0, 0.1) is 0 Å². The van der Waals surface area contributed by atoms with E-state index < -0.39 is 0 Å². The Morgan fingerprint density at radius 2 is 1.82 bits per heavy atom. The maximum atomic E-state index is 12.8. The van der Waals surface area contributed by atoms with Crippen LogP contribution in [0.25, 0.3) is 0 Å². The van der Waals surface area contributed by atoms with Crippen LogP contribution in [0.4, 0.5) is 11.5 Å². The first-order valence-electron chi connectivity index (χ1n) is 9.43. The maximum Gasteiger partial charge on any atom is 0.274 e. The van der Waals surface area contributed by atoms with Crippen molar-refractivity contribution in [3.8, 4) is 5.75 Å².